The molecule has 1 fully saturated rings. The molecule has 1 aliphatic rings. The number of hydrogen-bond donors (Lipinski definition) is 0. The molecule has 0 aromatic carbocycles. The van der Waals surface area contributed by atoms with Gasteiger partial charge in [-0.3, -0.25) is 4.79 Å². The standard InChI is InChI=1S/C10H16FNO/c1-7(2)8(3)9(13)12-5-10(4,11)6-12/h5-6H2,1-4H3. The Bertz CT molecular complexity index is 256. The Morgan fingerprint density at radius 1 is 1.31 bits per heavy atom. The van der Waals surface area contributed by atoms with Crippen LogP contribution in [0, 0.1) is 0 Å². The quantitative estimate of drug-likeness (QED) is 0.571. The number of carbonyl (C=O) groups is 1. The molecule has 2 nitrogen and oxygen atoms in total. The molecule has 0 aliphatic carbocycles. The van der Waals surface area contributed by atoms with E-state index in [1.807, 2.05) is 13.8 Å². The van der Waals surface area contributed by atoms with Crippen molar-refractivity contribution in [1.82, 2.24) is 4.90 Å². The average Bonchev–Trinajstić information content (AvgIpc) is 1.97. The van der Waals surface area contributed by atoms with Crippen LogP contribution in [0.5, 0.6) is 0 Å². The summed E-state index contributed by atoms with van der Waals surface area (Å²) in [7, 11) is 0. The summed E-state index contributed by atoms with van der Waals surface area (Å²) < 4.78 is 13.1. The number of amides is 1. The lowest BCUT2D eigenvalue weighted by Gasteiger charge is -2.42. The van der Waals surface area contributed by atoms with E-state index in [0.717, 1.165) is 11.1 Å². The van der Waals surface area contributed by atoms with Gasteiger partial charge < -0.3 is 4.90 Å². The lowest BCUT2D eigenvalue weighted by atomic mass is 9.97. The maximum atomic E-state index is 13.1. The summed E-state index contributed by atoms with van der Waals surface area (Å²) in [5.41, 5.74) is 0.561. The lowest BCUT2D eigenvalue weighted by Crippen LogP contribution is -2.59. The zero-order chi connectivity index (χ0) is 10.2. The second-order valence-corrected chi connectivity index (χ2v) is 4.20. The van der Waals surface area contributed by atoms with Gasteiger partial charge in [0.2, 0.25) is 5.91 Å². The number of rotatable bonds is 1. The van der Waals surface area contributed by atoms with Crippen LogP contribution in [0.2, 0.25) is 0 Å². The molecule has 1 heterocycles. The minimum Gasteiger partial charge on any atom is -0.332 e. The predicted octanol–water partition coefficient (Wildman–Crippen LogP) is 1.91. The van der Waals surface area contributed by atoms with Gasteiger partial charge in [-0.1, -0.05) is 5.57 Å². The van der Waals surface area contributed by atoms with Crippen molar-refractivity contribution >= 4 is 5.91 Å². The van der Waals surface area contributed by atoms with Crippen LogP contribution in [0.4, 0.5) is 4.39 Å². The molecule has 1 amide bonds. The van der Waals surface area contributed by atoms with Gasteiger partial charge in [-0.15, -0.1) is 0 Å². The third-order valence-corrected chi connectivity index (χ3v) is 2.40. The fourth-order valence-electron chi connectivity index (χ4n) is 1.34. The smallest absolute Gasteiger partial charge is 0.249 e. The van der Waals surface area contributed by atoms with Crippen LogP contribution in [0.1, 0.15) is 27.7 Å². The van der Waals surface area contributed by atoms with Crippen LogP contribution in [0.25, 0.3) is 0 Å². The molecule has 1 aliphatic heterocycles. The molecule has 1 rings (SSSR count). The van der Waals surface area contributed by atoms with Crippen molar-refractivity contribution in [2.45, 2.75) is 33.4 Å². The predicted molar refractivity (Wildman–Crippen MR) is 50.1 cm³/mol. The molecule has 0 spiro atoms. The fourth-order valence-corrected chi connectivity index (χ4v) is 1.34. The first-order valence-corrected chi connectivity index (χ1v) is 4.46. The highest BCUT2D eigenvalue weighted by molar-refractivity contribution is 5.94. The minimum atomic E-state index is -1.17. The van der Waals surface area contributed by atoms with E-state index in [4.69, 9.17) is 0 Å². The van der Waals surface area contributed by atoms with Crippen molar-refractivity contribution in [3.63, 3.8) is 0 Å². The van der Waals surface area contributed by atoms with E-state index < -0.39 is 5.67 Å². The molecule has 0 radical (unpaired) electrons. The van der Waals surface area contributed by atoms with Gasteiger partial charge in [0, 0.05) is 5.57 Å². The molecule has 0 saturated carbocycles. The number of hydrogen-bond acceptors (Lipinski definition) is 1. The lowest BCUT2D eigenvalue weighted by molar-refractivity contribution is -0.139. The molecule has 0 bridgehead atoms. The number of carbonyl (C=O) groups excluding carboxylic acids is 1. The molecule has 13 heavy (non-hydrogen) atoms. The monoisotopic (exact) mass is 185 g/mol. The summed E-state index contributed by atoms with van der Waals surface area (Å²) in [4.78, 5) is 13.1. The van der Waals surface area contributed by atoms with E-state index in [9.17, 15) is 9.18 Å². The Kier molecular flexibility index (Phi) is 2.46. The molecule has 3 heteroatoms. The van der Waals surface area contributed by atoms with E-state index in [0.29, 0.717) is 0 Å². The Hall–Kier alpha value is -0.860. The first-order chi connectivity index (χ1) is 5.83. The van der Waals surface area contributed by atoms with Gasteiger partial charge in [0.1, 0.15) is 5.67 Å². The van der Waals surface area contributed by atoms with Crippen molar-refractivity contribution in [2.75, 3.05) is 13.1 Å². The number of likely N-dealkylation sites (tertiary alicyclic amines) is 1. The maximum absolute atomic E-state index is 13.1. The van der Waals surface area contributed by atoms with Gasteiger partial charge in [0.15, 0.2) is 0 Å². The Balaban J connectivity index is 2.59. The van der Waals surface area contributed by atoms with Crippen molar-refractivity contribution in [2.24, 2.45) is 0 Å². The number of alkyl halides is 1. The van der Waals surface area contributed by atoms with Gasteiger partial charge in [-0.05, 0) is 27.7 Å². The molecular weight excluding hydrogens is 169 g/mol. The van der Waals surface area contributed by atoms with E-state index in [2.05, 4.69) is 0 Å². The first-order valence-electron chi connectivity index (χ1n) is 4.46. The summed E-state index contributed by atoms with van der Waals surface area (Å²) in [6, 6.07) is 0. The average molecular weight is 185 g/mol. The Morgan fingerprint density at radius 2 is 1.77 bits per heavy atom. The van der Waals surface area contributed by atoms with Crippen molar-refractivity contribution < 1.29 is 9.18 Å². The highest BCUT2D eigenvalue weighted by atomic mass is 19.1. The summed E-state index contributed by atoms with van der Waals surface area (Å²) in [6.07, 6.45) is 0. The van der Waals surface area contributed by atoms with Crippen LogP contribution in [0.15, 0.2) is 11.1 Å². The third-order valence-electron chi connectivity index (χ3n) is 2.40. The SMILES string of the molecule is CC(C)=C(C)C(=O)N1CC(C)(F)C1. The Morgan fingerprint density at radius 3 is 2.08 bits per heavy atom. The van der Waals surface area contributed by atoms with Crippen molar-refractivity contribution in [3.05, 3.63) is 11.1 Å². The topological polar surface area (TPSA) is 20.3 Å². The molecule has 0 atom stereocenters. The van der Waals surface area contributed by atoms with E-state index in [1.54, 1.807) is 11.8 Å². The highest BCUT2D eigenvalue weighted by Crippen LogP contribution is 2.26. The van der Waals surface area contributed by atoms with Crippen molar-refractivity contribution in [3.8, 4) is 0 Å². The van der Waals surface area contributed by atoms with Crippen LogP contribution in [-0.2, 0) is 4.79 Å². The number of halogens is 1. The first kappa shape index (κ1) is 10.2. The second-order valence-electron chi connectivity index (χ2n) is 4.20. The maximum Gasteiger partial charge on any atom is 0.249 e. The molecular formula is C10H16FNO. The van der Waals surface area contributed by atoms with E-state index >= 15 is 0 Å². The van der Waals surface area contributed by atoms with Gasteiger partial charge in [0.25, 0.3) is 0 Å². The molecule has 0 aromatic heterocycles. The fraction of sp³-hybridized carbons (Fsp3) is 0.700. The molecule has 74 valence electrons. The van der Waals surface area contributed by atoms with E-state index in [-0.39, 0.29) is 19.0 Å². The van der Waals surface area contributed by atoms with Crippen LogP contribution in [0.3, 0.4) is 0 Å². The third kappa shape index (κ3) is 2.08. The zero-order valence-corrected chi connectivity index (χ0v) is 8.65. The zero-order valence-electron chi connectivity index (χ0n) is 8.65. The number of nitrogens with zero attached hydrogens (tertiary/aromatic N) is 1. The summed E-state index contributed by atoms with van der Waals surface area (Å²) >= 11 is 0. The minimum absolute atomic E-state index is 0.0323. The molecule has 0 aromatic rings. The van der Waals surface area contributed by atoms with Gasteiger partial charge in [0.05, 0.1) is 13.1 Å². The molecule has 0 N–H and O–H groups in total. The van der Waals surface area contributed by atoms with Gasteiger partial charge >= 0.3 is 0 Å². The van der Waals surface area contributed by atoms with Crippen LogP contribution >= 0.6 is 0 Å². The highest BCUT2D eigenvalue weighted by Gasteiger charge is 2.41. The molecule has 0 unspecified atom stereocenters. The van der Waals surface area contributed by atoms with E-state index in [1.165, 1.54) is 6.92 Å². The summed E-state index contributed by atoms with van der Waals surface area (Å²) in [6.45, 7) is 7.55. The van der Waals surface area contributed by atoms with Crippen LogP contribution in [-0.4, -0.2) is 29.6 Å². The number of allylic oxidation sites excluding steroid dienone is 1. The van der Waals surface area contributed by atoms with Gasteiger partial charge in [-0.25, -0.2) is 4.39 Å². The normalized spacial score (nSPS) is 19.3. The largest absolute Gasteiger partial charge is 0.332 e. The van der Waals surface area contributed by atoms with Crippen LogP contribution < -0.4 is 0 Å². The van der Waals surface area contributed by atoms with Crippen molar-refractivity contribution in [1.29, 1.82) is 0 Å². The van der Waals surface area contributed by atoms with Gasteiger partial charge in [-0.2, -0.15) is 0 Å². The second kappa shape index (κ2) is 3.13. The Labute approximate surface area is 78.4 Å². The summed E-state index contributed by atoms with van der Waals surface area (Å²) in [5, 5.41) is 0. The molecule has 1 saturated heterocycles. The summed E-state index contributed by atoms with van der Waals surface area (Å²) in [5.74, 6) is -0.0323.